The van der Waals surface area contributed by atoms with Crippen molar-refractivity contribution in [2.75, 3.05) is 13.1 Å². The molecule has 1 aliphatic carbocycles. The Hall–Kier alpha value is -1.35. The molecule has 1 aromatic carbocycles. The van der Waals surface area contributed by atoms with E-state index in [0.29, 0.717) is 12.3 Å². The molecule has 1 N–H and O–H groups in total. The van der Waals surface area contributed by atoms with Crippen molar-refractivity contribution in [3.8, 4) is 0 Å². The molecule has 120 valence electrons. The summed E-state index contributed by atoms with van der Waals surface area (Å²) < 4.78 is 6.09. The van der Waals surface area contributed by atoms with Crippen molar-refractivity contribution in [1.82, 2.24) is 5.32 Å². The Bertz CT molecular complexity index is 473. The van der Waals surface area contributed by atoms with E-state index in [1.54, 1.807) is 0 Å². The predicted molar refractivity (Wildman–Crippen MR) is 87.5 cm³/mol. The molecule has 1 saturated carbocycles. The Morgan fingerprint density at radius 2 is 1.77 bits per heavy atom. The molecule has 0 spiro atoms. The van der Waals surface area contributed by atoms with Crippen LogP contribution < -0.4 is 5.32 Å². The molecule has 2 aliphatic rings. The molecule has 0 amide bonds. The standard InChI is InChI=1S/C19H27NO2/c21-18(15-16-7-3-1-4-8-16)22-19(11-13-20-14-12-19)17-9-5-2-6-10-17/h2,5-6,9-10,16,20H,1,3-4,7-8,11-15H2. The molecular weight excluding hydrogens is 274 g/mol. The minimum Gasteiger partial charge on any atom is -0.454 e. The van der Waals surface area contributed by atoms with Crippen LogP contribution in [-0.4, -0.2) is 19.1 Å². The van der Waals surface area contributed by atoms with Gasteiger partial charge >= 0.3 is 5.97 Å². The van der Waals surface area contributed by atoms with Gasteiger partial charge in [0.1, 0.15) is 5.60 Å². The molecule has 1 saturated heterocycles. The van der Waals surface area contributed by atoms with Crippen LogP contribution in [0.3, 0.4) is 0 Å². The summed E-state index contributed by atoms with van der Waals surface area (Å²) in [5.74, 6) is 0.536. The normalized spacial score (nSPS) is 22.2. The lowest BCUT2D eigenvalue weighted by atomic mass is 9.84. The average Bonchev–Trinajstić information content (AvgIpc) is 2.57. The van der Waals surface area contributed by atoms with Crippen molar-refractivity contribution in [3.05, 3.63) is 35.9 Å². The third-order valence-electron chi connectivity index (χ3n) is 5.20. The van der Waals surface area contributed by atoms with Gasteiger partial charge in [0.25, 0.3) is 0 Å². The van der Waals surface area contributed by atoms with Gasteiger partial charge in [0, 0.05) is 19.3 Å². The van der Waals surface area contributed by atoms with Crippen LogP contribution in [0, 0.1) is 5.92 Å². The molecule has 0 unspecified atom stereocenters. The third kappa shape index (κ3) is 3.70. The summed E-state index contributed by atoms with van der Waals surface area (Å²) in [6.45, 7) is 1.82. The summed E-state index contributed by atoms with van der Waals surface area (Å²) in [6.07, 6.45) is 8.58. The van der Waals surface area contributed by atoms with Gasteiger partial charge in [0.2, 0.25) is 0 Å². The van der Waals surface area contributed by atoms with Crippen molar-refractivity contribution in [3.63, 3.8) is 0 Å². The number of nitrogens with one attached hydrogen (secondary N) is 1. The fraction of sp³-hybridized carbons (Fsp3) is 0.632. The Balaban J connectivity index is 1.68. The average molecular weight is 301 g/mol. The number of rotatable bonds is 4. The van der Waals surface area contributed by atoms with E-state index in [-0.39, 0.29) is 5.97 Å². The van der Waals surface area contributed by atoms with Gasteiger partial charge < -0.3 is 10.1 Å². The maximum absolute atomic E-state index is 12.5. The summed E-state index contributed by atoms with van der Waals surface area (Å²) in [5, 5.41) is 3.37. The third-order valence-corrected chi connectivity index (χ3v) is 5.20. The summed E-state index contributed by atoms with van der Waals surface area (Å²) in [7, 11) is 0. The molecule has 0 atom stereocenters. The topological polar surface area (TPSA) is 38.3 Å². The molecule has 3 rings (SSSR count). The number of benzene rings is 1. The molecule has 2 fully saturated rings. The van der Waals surface area contributed by atoms with Gasteiger partial charge in [-0.05, 0) is 37.4 Å². The number of esters is 1. The highest BCUT2D eigenvalue weighted by molar-refractivity contribution is 5.70. The second kappa shape index (κ2) is 7.28. The molecule has 3 heteroatoms. The van der Waals surface area contributed by atoms with E-state index in [1.165, 1.54) is 32.1 Å². The van der Waals surface area contributed by atoms with Crippen molar-refractivity contribution in [1.29, 1.82) is 0 Å². The maximum Gasteiger partial charge on any atom is 0.306 e. The molecule has 0 aromatic heterocycles. The van der Waals surface area contributed by atoms with Crippen molar-refractivity contribution in [2.24, 2.45) is 5.92 Å². The fourth-order valence-corrected chi connectivity index (χ4v) is 3.91. The first-order valence-electron chi connectivity index (χ1n) is 8.77. The van der Waals surface area contributed by atoms with Crippen molar-refractivity contribution in [2.45, 2.75) is 57.0 Å². The van der Waals surface area contributed by atoms with E-state index in [2.05, 4.69) is 17.4 Å². The van der Waals surface area contributed by atoms with E-state index in [9.17, 15) is 4.79 Å². The van der Waals surface area contributed by atoms with Crippen LogP contribution in [-0.2, 0) is 15.1 Å². The Labute approximate surface area is 133 Å². The van der Waals surface area contributed by atoms with E-state index >= 15 is 0 Å². The molecule has 0 radical (unpaired) electrons. The second-order valence-electron chi connectivity index (χ2n) is 6.79. The zero-order chi connectivity index (χ0) is 15.3. The number of hydrogen-bond donors (Lipinski definition) is 1. The smallest absolute Gasteiger partial charge is 0.306 e. The largest absolute Gasteiger partial charge is 0.454 e. The lowest BCUT2D eigenvalue weighted by Gasteiger charge is -2.38. The Morgan fingerprint density at radius 3 is 2.45 bits per heavy atom. The van der Waals surface area contributed by atoms with Crippen LogP contribution in [0.1, 0.15) is 56.9 Å². The van der Waals surface area contributed by atoms with Crippen LogP contribution in [0.4, 0.5) is 0 Å². The van der Waals surface area contributed by atoms with Gasteiger partial charge in [-0.1, -0.05) is 49.6 Å². The van der Waals surface area contributed by atoms with Gasteiger partial charge in [-0.2, -0.15) is 0 Å². The lowest BCUT2D eigenvalue weighted by Crippen LogP contribution is -2.43. The van der Waals surface area contributed by atoms with Crippen molar-refractivity contribution < 1.29 is 9.53 Å². The summed E-state index contributed by atoms with van der Waals surface area (Å²) in [6, 6.07) is 10.3. The van der Waals surface area contributed by atoms with Crippen molar-refractivity contribution >= 4 is 5.97 Å². The molecule has 1 aliphatic heterocycles. The number of piperidine rings is 1. The highest BCUT2D eigenvalue weighted by atomic mass is 16.6. The van der Waals surface area contributed by atoms with Crippen LogP contribution in [0.2, 0.25) is 0 Å². The quantitative estimate of drug-likeness (QED) is 0.860. The van der Waals surface area contributed by atoms with Crippen LogP contribution in [0.15, 0.2) is 30.3 Å². The SMILES string of the molecule is O=C(CC1CCCCC1)OC1(c2ccccc2)CCNCC1. The van der Waals surface area contributed by atoms with Crippen LogP contribution in [0.25, 0.3) is 0 Å². The Morgan fingerprint density at radius 1 is 1.09 bits per heavy atom. The zero-order valence-electron chi connectivity index (χ0n) is 13.4. The molecule has 0 bridgehead atoms. The van der Waals surface area contributed by atoms with Crippen LogP contribution >= 0.6 is 0 Å². The summed E-state index contributed by atoms with van der Waals surface area (Å²) >= 11 is 0. The van der Waals surface area contributed by atoms with Gasteiger partial charge in [0.05, 0.1) is 0 Å². The lowest BCUT2D eigenvalue weighted by molar-refractivity contribution is -0.165. The molecule has 1 aromatic rings. The van der Waals surface area contributed by atoms with Gasteiger partial charge in [-0.15, -0.1) is 0 Å². The number of carbonyl (C=O) groups is 1. The maximum atomic E-state index is 12.5. The number of hydrogen-bond acceptors (Lipinski definition) is 3. The first kappa shape index (κ1) is 15.5. The summed E-state index contributed by atoms with van der Waals surface area (Å²) in [4.78, 5) is 12.5. The van der Waals surface area contributed by atoms with Gasteiger partial charge in [0.15, 0.2) is 0 Å². The highest BCUT2D eigenvalue weighted by Crippen LogP contribution is 2.36. The molecule has 3 nitrogen and oxygen atoms in total. The van der Waals surface area contributed by atoms with E-state index < -0.39 is 5.60 Å². The van der Waals surface area contributed by atoms with E-state index in [1.807, 2.05) is 18.2 Å². The number of ether oxygens (including phenoxy) is 1. The molecule has 1 heterocycles. The highest BCUT2D eigenvalue weighted by Gasteiger charge is 2.38. The number of carbonyl (C=O) groups excluding carboxylic acids is 1. The monoisotopic (exact) mass is 301 g/mol. The summed E-state index contributed by atoms with van der Waals surface area (Å²) in [5.41, 5.74) is 0.728. The van der Waals surface area contributed by atoms with E-state index in [4.69, 9.17) is 4.74 Å². The minimum absolute atomic E-state index is 0.00217. The molecular formula is C19H27NO2. The zero-order valence-corrected chi connectivity index (χ0v) is 13.4. The van der Waals surface area contributed by atoms with Gasteiger partial charge in [-0.3, -0.25) is 4.79 Å². The minimum atomic E-state index is -0.418. The first-order chi connectivity index (χ1) is 10.8. The fourth-order valence-electron chi connectivity index (χ4n) is 3.91. The van der Waals surface area contributed by atoms with E-state index in [0.717, 1.165) is 31.5 Å². The van der Waals surface area contributed by atoms with Gasteiger partial charge in [-0.25, -0.2) is 0 Å². The predicted octanol–water partition coefficient (Wildman–Crippen LogP) is 3.78. The Kier molecular flexibility index (Phi) is 5.14. The van der Waals surface area contributed by atoms with Crippen LogP contribution in [0.5, 0.6) is 0 Å². The first-order valence-corrected chi connectivity index (χ1v) is 8.77. The second-order valence-corrected chi connectivity index (χ2v) is 6.79. The molecule has 22 heavy (non-hydrogen) atoms.